The first-order chi connectivity index (χ1) is 5.13. The molecule has 0 radical (unpaired) electrons. The van der Waals surface area contributed by atoms with Crippen LogP contribution in [0.1, 0.15) is 40.0 Å². The van der Waals surface area contributed by atoms with Crippen molar-refractivity contribution in [2.75, 3.05) is 0 Å². The summed E-state index contributed by atoms with van der Waals surface area (Å²) in [5, 5.41) is 0. The third-order valence-corrected chi connectivity index (χ3v) is 3.35. The van der Waals surface area contributed by atoms with Crippen molar-refractivity contribution >= 4 is 0 Å². The molecule has 0 bridgehead atoms. The van der Waals surface area contributed by atoms with Crippen LogP contribution in [0.3, 0.4) is 0 Å². The van der Waals surface area contributed by atoms with Crippen molar-refractivity contribution in [2.45, 2.75) is 46.1 Å². The fourth-order valence-corrected chi connectivity index (χ4v) is 1.70. The van der Waals surface area contributed by atoms with Crippen LogP contribution in [0, 0.1) is 17.8 Å². The van der Waals surface area contributed by atoms with Gasteiger partial charge in [0.25, 0.3) is 0 Å². The molecule has 1 rings (SSSR count). The van der Waals surface area contributed by atoms with E-state index < -0.39 is 0 Å². The van der Waals surface area contributed by atoms with E-state index in [-0.39, 0.29) is 0 Å². The van der Waals surface area contributed by atoms with Gasteiger partial charge in [-0.05, 0) is 30.6 Å². The van der Waals surface area contributed by atoms with Crippen molar-refractivity contribution < 1.29 is 0 Å². The summed E-state index contributed by atoms with van der Waals surface area (Å²) in [5.74, 6) is 2.28. The molecule has 1 saturated carbocycles. The molecule has 0 saturated heterocycles. The highest BCUT2D eigenvalue weighted by Crippen LogP contribution is 2.33. The average Bonchev–Trinajstić information content (AvgIpc) is 1.82. The molecular formula is C10H21N. The Bertz CT molecular complexity index is 116. The molecule has 0 spiro atoms. The van der Waals surface area contributed by atoms with E-state index in [0.29, 0.717) is 12.0 Å². The molecule has 2 N–H and O–H groups in total. The molecule has 66 valence electrons. The molecule has 0 aromatic carbocycles. The van der Waals surface area contributed by atoms with Crippen LogP contribution in [0.15, 0.2) is 0 Å². The Kier molecular flexibility index (Phi) is 2.94. The van der Waals surface area contributed by atoms with Crippen LogP contribution in [0.4, 0.5) is 0 Å². The number of hydrogen-bond donors (Lipinski definition) is 1. The normalized spacial score (nSPS) is 24.8. The van der Waals surface area contributed by atoms with Crippen LogP contribution in [0.25, 0.3) is 0 Å². The van der Waals surface area contributed by atoms with Crippen LogP contribution in [0.5, 0.6) is 0 Å². The highest BCUT2D eigenvalue weighted by molar-refractivity contribution is 4.84. The highest BCUT2D eigenvalue weighted by Gasteiger charge is 2.29. The minimum absolute atomic E-state index is 0.462. The maximum absolute atomic E-state index is 6.12. The zero-order valence-electron chi connectivity index (χ0n) is 8.01. The summed E-state index contributed by atoms with van der Waals surface area (Å²) in [6.45, 7) is 6.82. The molecular weight excluding hydrogens is 134 g/mol. The van der Waals surface area contributed by atoms with Crippen molar-refractivity contribution in [1.29, 1.82) is 0 Å². The average molecular weight is 155 g/mol. The van der Waals surface area contributed by atoms with E-state index >= 15 is 0 Å². The lowest BCUT2D eigenvalue weighted by molar-refractivity contribution is 0.187. The Hall–Kier alpha value is -0.0400. The molecule has 2 atom stereocenters. The van der Waals surface area contributed by atoms with Crippen molar-refractivity contribution in [1.82, 2.24) is 0 Å². The van der Waals surface area contributed by atoms with Crippen molar-refractivity contribution in [3.8, 4) is 0 Å². The van der Waals surface area contributed by atoms with E-state index in [1.165, 1.54) is 19.3 Å². The zero-order chi connectivity index (χ0) is 8.43. The molecule has 0 aromatic rings. The largest absolute Gasteiger partial charge is 0.327 e. The molecule has 1 aliphatic carbocycles. The SMILES string of the molecule is CC(C)C(C)C(N)C1CCC1. The minimum Gasteiger partial charge on any atom is -0.327 e. The van der Waals surface area contributed by atoms with E-state index in [2.05, 4.69) is 20.8 Å². The van der Waals surface area contributed by atoms with Gasteiger partial charge >= 0.3 is 0 Å². The third kappa shape index (κ3) is 1.96. The molecule has 0 aliphatic heterocycles. The molecule has 1 heteroatoms. The van der Waals surface area contributed by atoms with Crippen LogP contribution in [0.2, 0.25) is 0 Å². The molecule has 11 heavy (non-hydrogen) atoms. The predicted octanol–water partition coefficient (Wildman–Crippen LogP) is 2.41. The topological polar surface area (TPSA) is 26.0 Å². The van der Waals surface area contributed by atoms with Gasteiger partial charge in [0.1, 0.15) is 0 Å². The maximum Gasteiger partial charge on any atom is 0.00954 e. The van der Waals surface area contributed by atoms with Gasteiger partial charge in [0.2, 0.25) is 0 Å². The van der Waals surface area contributed by atoms with E-state index in [1.54, 1.807) is 0 Å². The third-order valence-electron chi connectivity index (χ3n) is 3.35. The molecule has 0 amide bonds. The van der Waals surface area contributed by atoms with Crippen molar-refractivity contribution in [3.63, 3.8) is 0 Å². The predicted molar refractivity (Wildman–Crippen MR) is 49.3 cm³/mol. The van der Waals surface area contributed by atoms with Crippen molar-refractivity contribution in [3.05, 3.63) is 0 Å². The zero-order valence-corrected chi connectivity index (χ0v) is 8.01. The molecule has 0 heterocycles. The molecule has 2 unspecified atom stereocenters. The van der Waals surface area contributed by atoms with Crippen LogP contribution in [-0.4, -0.2) is 6.04 Å². The summed E-state index contributed by atoms with van der Waals surface area (Å²) >= 11 is 0. The van der Waals surface area contributed by atoms with Gasteiger partial charge in [0.05, 0.1) is 0 Å². The standard InChI is InChI=1S/C10H21N/c1-7(2)8(3)10(11)9-5-4-6-9/h7-10H,4-6,11H2,1-3H3. The summed E-state index contributed by atoms with van der Waals surface area (Å²) in [5.41, 5.74) is 6.12. The lowest BCUT2D eigenvalue weighted by atomic mass is 9.73. The summed E-state index contributed by atoms with van der Waals surface area (Å²) in [4.78, 5) is 0. The minimum atomic E-state index is 0.462. The van der Waals surface area contributed by atoms with Gasteiger partial charge in [-0.2, -0.15) is 0 Å². The van der Waals surface area contributed by atoms with Crippen LogP contribution in [-0.2, 0) is 0 Å². The maximum atomic E-state index is 6.12. The van der Waals surface area contributed by atoms with Crippen molar-refractivity contribution in [2.24, 2.45) is 23.5 Å². The Balaban J connectivity index is 2.32. The molecule has 0 aromatic heterocycles. The monoisotopic (exact) mass is 155 g/mol. The first-order valence-corrected chi connectivity index (χ1v) is 4.88. The molecule has 1 fully saturated rings. The van der Waals surface area contributed by atoms with Gasteiger partial charge in [0.15, 0.2) is 0 Å². The van der Waals surface area contributed by atoms with Crippen LogP contribution < -0.4 is 5.73 Å². The van der Waals surface area contributed by atoms with Gasteiger partial charge in [-0.25, -0.2) is 0 Å². The second-order valence-corrected chi connectivity index (χ2v) is 4.37. The van der Waals surface area contributed by atoms with Gasteiger partial charge in [0, 0.05) is 6.04 Å². The summed E-state index contributed by atoms with van der Waals surface area (Å²) in [7, 11) is 0. The quantitative estimate of drug-likeness (QED) is 0.665. The fourth-order valence-electron chi connectivity index (χ4n) is 1.70. The Morgan fingerprint density at radius 1 is 1.18 bits per heavy atom. The first kappa shape index (κ1) is 9.05. The molecule has 1 nitrogen and oxygen atoms in total. The smallest absolute Gasteiger partial charge is 0.00954 e. The summed E-state index contributed by atoms with van der Waals surface area (Å²) in [6.07, 6.45) is 4.15. The van der Waals surface area contributed by atoms with Gasteiger partial charge < -0.3 is 5.73 Å². The van der Waals surface area contributed by atoms with Gasteiger partial charge in [-0.3, -0.25) is 0 Å². The van der Waals surface area contributed by atoms with Gasteiger partial charge in [-0.15, -0.1) is 0 Å². The lowest BCUT2D eigenvalue weighted by Gasteiger charge is -2.36. The first-order valence-electron chi connectivity index (χ1n) is 4.88. The fraction of sp³-hybridized carbons (Fsp3) is 1.00. The summed E-state index contributed by atoms with van der Waals surface area (Å²) < 4.78 is 0. The van der Waals surface area contributed by atoms with Crippen LogP contribution >= 0.6 is 0 Å². The second-order valence-electron chi connectivity index (χ2n) is 4.37. The Morgan fingerprint density at radius 2 is 1.73 bits per heavy atom. The van der Waals surface area contributed by atoms with E-state index in [4.69, 9.17) is 5.73 Å². The summed E-state index contributed by atoms with van der Waals surface area (Å²) in [6, 6.07) is 0.462. The Labute approximate surface area is 70.4 Å². The number of rotatable bonds is 3. The number of nitrogens with two attached hydrogens (primary N) is 1. The number of hydrogen-bond acceptors (Lipinski definition) is 1. The van der Waals surface area contributed by atoms with E-state index in [1.807, 2.05) is 0 Å². The molecule has 1 aliphatic rings. The second kappa shape index (κ2) is 3.57. The van der Waals surface area contributed by atoms with E-state index in [9.17, 15) is 0 Å². The van der Waals surface area contributed by atoms with Gasteiger partial charge in [-0.1, -0.05) is 27.2 Å². The lowest BCUT2D eigenvalue weighted by Crippen LogP contribution is -2.41. The Morgan fingerprint density at radius 3 is 2.00 bits per heavy atom. The van der Waals surface area contributed by atoms with E-state index in [0.717, 1.165) is 11.8 Å². The highest BCUT2D eigenvalue weighted by atomic mass is 14.7.